The summed E-state index contributed by atoms with van der Waals surface area (Å²) in [6, 6.07) is 3.61. The second-order valence-corrected chi connectivity index (χ2v) is 5.08. The number of hydrogen-bond acceptors (Lipinski definition) is 2. The normalized spacial score (nSPS) is 16.5. The molecule has 1 aliphatic heterocycles. The summed E-state index contributed by atoms with van der Waals surface area (Å²) in [6.45, 7) is 1.67. The summed E-state index contributed by atoms with van der Waals surface area (Å²) in [5.74, 6) is 0. The van der Waals surface area contributed by atoms with E-state index < -0.39 is 11.7 Å². The van der Waals surface area contributed by atoms with Crippen LogP contribution in [0.5, 0.6) is 0 Å². The number of piperidine rings is 1. The van der Waals surface area contributed by atoms with Crippen LogP contribution >= 0.6 is 12.2 Å². The van der Waals surface area contributed by atoms with Crippen LogP contribution in [0.4, 0.5) is 18.9 Å². The number of nitrogens with two attached hydrogens (primary N) is 1. The molecule has 0 unspecified atom stereocenters. The Morgan fingerprint density at radius 1 is 1.16 bits per heavy atom. The highest BCUT2D eigenvalue weighted by Crippen LogP contribution is 2.33. The topological polar surface area (TPSA) is 29.3 Å². The Morgan fingerprint density at radius 3 is 2.32 bits per heavy atom. The standard InChI is InChI=1S/C13H15F3N2S/c14-13(15,16)9-4-5-11(10(8-9)12(17)19)18-6-2-1-3-7-18/h4-5,8H,1-3,6-7H2,(H2,17,19). The Bertz CT molecular complexity index is 479. The van der Waals surface area contributed by atoms with Crippen molar-refractivity contribution in [2.75, 3.05) is 18.0 Å². The van der Waals surface area contributed by atoms with Gasteiger partial charge < -0.3 is 10.6 Å². The van der Waals surface area contributed by atoms with Gasteiger partial charge in [0.25, 0.3) is 0 Å². The van der Waals surface area contributed by atoms with Crippen molar-refractivity contribution in [2.24, 2.45) is 5.73 Å². The average Bonchev–Trinajstić information content (AvgIpc) is 2.38. The number of halogens is 3. The second kappa shape index (κ2) is 5.36. The van der Waals surface area contributed by atoms with Gasteiger partial charge in [-0.25, -0.2) is 0 Å². The lowest BCUT2D eigenvalue weighted by atomic mass is 10.0. The summed E-state index contributed by atoms with van der Waals surface area (Å²) < 4.78 is 38.1. The van der Waals surface area contributed by atoms with Crippen LogP contribution in [0.25, 0.3) is 0 Å². The molecular formula is C13H15F3N2S. The molecule has 0 aromatic heterocycles. The fourth-order valence-electron chi connectivity index (χ4n) is 2.32. The molecule has 6 heteroatoms. The van der Waals surface area contributed by atoms with Gasteiger partial charge in [-0.05, 0) is 37.5 Å². The molecule has 0 amide bonds. The first-order valence-electron chi connectivity index (χ1n) is 6.15. The van der Waals surface area contributed by atoms with E-state index >= 15 is 0 Å². The maximum absolute atomic E-state index is 12.7. The molecule has 104 valence electrons. The summed E-state index contributed by atoms with van der Waals surface area (Å²) >= 11 is 4.89. The fraction of sp³-hybridized carbons (Fsp3) is 0.462. The van der Waals surface area contributed by atoms with Crippen molar-refractivity contribution < 1.29 is 13.2 Å². The summed E-state index contributed by atoms with van der Waals surface area (Å²) in [7, 11) is 0. The average molecular weight is 288 g/mol. The van der Waals surface area contributed by atoms with Gasteiger partial charge in [0.2, 0.25) is 0 Å². The van der Waals surface area contributed by atoms with E-state index in [0.717, 1.165) is 44.5 Å². The molecule has 0 saturated carbocycles. The van der Waals surface area contributed by atoms with E-state index in [1.807, 2.05) is 0 Å². The first kappa shape index (κ1) is 14.1. The zero-order valence-electron chi connectivity index (χ0n) is 10.3. The number of rotatable bonds is 2. The fourth-order valence-corrected chi connectivity index (χ4v) is 2.48. The van der Waals surface area contributed by atoms with E-state index in [1.54, 1.807) is 0 Å². The minimum Gasteiger partial charge on any atom is -0.389 e. The van der Waals surface area contributed by atoms with Crippen LogP contribution in [0.15, 0.2) is 18.2 Å². The molecule has 2 rings (SSSR count). The van der Waals surface area contributed by atoms with Crippen LogP contribution in [-0.2, 0) is 6.18 Å². The molecular weight excluding hydrogens is 273 g/mol. The van der Waals surface area contributed by atoms with Crippen LogP contribution in [0.3, 0.4) is 0 Å². The smallest absolute Gasteiger partial charge is 0.389 e. The van der Waals surface area contributed by atoms with Crippen molar-refractivity contribution in [3.05, 3.63) is 29.3 Å². The maximum atomic E-state index is 12.7. The molecule has 0 bridgehead atoms. The quantitative estimate of drug-likeness (QED) is 0.846. The zero-order chi connectivity index (χ0) is 14.0. The van der Waals surface area contributed by atoms with Crippen molar-refractivity contribution in [1.29, 1.82) is 0 Å². The number of benzene rings is 1. The van der Waals surface area contributed by atoms with Gasteiger partial charge in [0.05, 0.1) is 5.56 Å². The molecule has 1 aliphatic rings. The Balaban J connectivity index is 2.40. The van der Waals surface area contributed by atoms with Crippen LogP contribution in [-0.4, -0.2) is 18.1 Å². The SMILES string of the molecule is NC(=S)c1cc(C(F)(F)F)ccc1N1CCCCC1. The highest BCUT2D eigenvalue weighted by atomic mass is 32.1. The molecule has 2 nitrogen and oxygen atoms in total. The van der Waals surface area contributed by atoms with Crippen molar-refractivity contribution in [1.82, 2.24) is 0 Å². The number of alkyl halides is 3. The van der Waals surface area contributed by atoms with Crippen molar-refractivity contribution in [3.8, 4) is 0 Å². The van der Waals surface area contributed by atoms with Crippen LogP contribution < -0.4 is 10.6 Å². The number of hydrogen-bond donors (Lipinski definition) is 1. The predicted octanol–water partition coefficient (Wildman–Crippen LogP) is 3.33. The largest absolute Gasteiger partial charge is 0.416 e. The van der Waals surface area contributed by atoms with Crippen LogP contribution in [0, 0.1) is 0 Å². The summed E-state index contributed by atoms with van der Waals surface area (Å²) in [4.78, 5) is 2.06. The molecule has 1 fully saturated rings. The summed E-state index contributed by atoms with van der Waals surface area (Å²) in [5.41, 5.74) is 5.88. The van der Waals surface area contributed by atoms with Gasteiger partial charge in [-0.1, -0.05) is 12.2 Å². The lowest BCUT2D eigenvalue weighted by Gasteiger charge is -2.30. The van der Waals surface area contributed by atoms with Crippen LogP contribution in [0.1, 0.15) is 30.4 Å². The van der Waals surface area contributed by atoms with Crippen molar-refractivity contribution >= 4 is 22.9 Å². The molecule has 0 spiro atoms. The Morgan fingerprint density at radius 2 is 1.79 bits per heavy atom. The zero-order valence-corrected chi connectivity index (χ0v) is 11.2. The number of thiocarbonyl (C=S) groups is 1. The summed E-state index contributed by atoms with van der Waals surface area (Å²) in [6.07, 6.45) is -1.14. The van der Waals surface area contributed by atoms with E-state index in [-0.39, 0.29) is 4.99 Å². The minimum atomic E-state index is -4.38. The highest BCUT2D eigenvalue weighted by Gasteiger charge is 2.31. The Labute approximate surface area is 115 Å². The van der Waals surface area contributed by atoms with E-state index in [4.69, 9.17) is 18.0 Å². The van der Waals surface area contributed by atoms with Gasteiger partial charge >= 0.3 is 6.18 Å². The van der Waals surface area contributed by atoms with Crippen molar-refractivity contribution in [2.45, 2.75) is 25.4 Å². The molecule has 2 N–H and O–H groups in total. The first-order valence-corrected chi connectivity index (χ1v) is 6.56. The van der Waals surface area contributed by atoms with Gasteiger partial charge in [0, 0.05) is 24.3 Å². The molecule has 0 atom stereocenters. The molecule has 1 saturated heterocycles. The van der Waals surface area contributed by atoms with Crippen molar-refractivity contribution in [3.63, 3.8) is 0 Å². The molecule has 1 heterocycles. The highest BCUT2D eigenvalue weighted by molar-refractivity contribution is 7.80. The number of nitrogens with zero attached hydrogens (tertiary/aromatic N) is 1. The molecule has 19 heavy (non-hydrogen) atoms. The monoisotopic (exact) mass is 288 g/mol. The third kappa shape index (κ3) is 3.18. The Hall–Kier alpha value is -1.30. The minimum absolute atomic E-state index is 0.00618. The van der Waals surface area contributed by atoms with E-state index in [0.29, 0.717) is 11.3 Å². The Kier molecular flexibility index (Phi) is 3.99. The van der Waals surface area contributed by atoms with Gasteiger partial charge in [0.15, 0.2) is 0 Å². The molecule has 0 aliphatic carbocycles. The van der Waals surface area contributed by atoms with Gasteiger partial charge in [-0.15, -0.1) is 0 Å². The molecule has 0 radical (unpaired) electrons. The molecule has 1 aromatic rings. The van der Waals surface area contributed by atoms with E-state index in [2.05, 4.69) is 4.90 Å². The predicted molar refractivity (Wildman–Crippen MR) is 73.4 cm³/mol. The lowest BCUT2D eigenvalue weighted by molar-refractivity contribution is -0.137. The third-order valence-electron chi connectivity index (χ3n) is 3.29. The van der Waals surface area contributed by atoms with Gasteiger partial charge in [-0.3, -0.25) is 0 Å². The van der Waals surface area contributed by atoms with E-state index in [1.165, 1.54) is 6.07 Å². The van der Waals surface area contributed by atoms with Gasteiger partial charge in [-0.2, -0.15) is 13.2 Å². The number of anilines is 1. The molecule has 1 aromatic carbocycles. The van der Waals surface area contributed by atoms with E-state index in [9.17, 15) is 13.2 Å². The van der Waals surface area contributed by atoms with Gasteiger partial charge in [0.1, 0.15) is 4.99 Å². The maximum Gasteiger partial charge on any atom is 0.416 e. The first-order chi connectivity index (χ1) is 8.89. The van der Waals surface area contributed by atoms with Crippen LogP contribution in [0.2, 0.25) is 0 Å². The third-order valence-corrected chi connectivity index (χ3v) is 3.51. The summed E-state index contributed by atoms with van der Waals surface area (Å²) in [5, 5.41) is 0. The second-order valence-electron chi connectivity index (χ2n) is 4.64. The lowest BCUT2D eigenvalue weighted by Crippen LogP contribution is -2.31.